The van der Waals surface area contributed by atoms with Gasteiger partial charge >= 0.3 is 6.09 Å². The Balaban J connectivity index is 1.95. The number of carbonyl (C=O) groups excluding carboxylic acids is 2. The molecule has 0 spiro atoms. The summed E-state index contributed by atoms with van der Waals surface area (Å²) in [7, 11) is 0. The molecule has 0 radical (unpaired) electrons. The summed E-state index contributed by atoms with van der Waals surface area (Å²) in [5, 5.41) is 6.18. The molecule has 150 valence electrons. The van der Waals surface area contributed by atoms with Crippen molar-refractivity contribution in [3.05, 3.63) is 34.6 Å². The summed E-state index contributed by atoms with van der Waals surface area (Å²) < 4.78 is 18.8. The van der Waals surface area contributed by atoms with Crippen LogP contribution in [-0.4, -0.2) is 23.6 Å². The van der Waals surface area contributed by atoms with Gasteiger partial charge < -0.3 is 15.4 Å². The number of alkyl carbamates (subject to hydrolysis) is 1. The van der Waals surface area contributed by atoms with E-state index >= 15 is 0 Å². The van der Waals surface area contributed by atoms with Crippen LogP contribution in [0.5, 0.6) is 0 Å². The standard InChI is InChI=1S/C20H28ClFN2O3/c1-19(2,3)27-18(26)23-14-8-6-12(10-14)17(25)24-20(4,5)15-11-13(22)7-9-16(15)21/h7,9,11-12,14H,6,8,10H2,1-5H3,(H,23,26)(H,24,25)/t12-,14-/m0/s1. The molecule has 7 heteroatoms. The van der Waals surface area contributed by atoms with Crippen LogP contribution >= 0.6 is 11.6 Å². The number of hydrogen-bond donors (Lipinski definition) is 2. The van der Waals surface area contributed by atoms with E-state index in [-0.39, 0.29) is 17.9 Å². The molecule has 1 aromatic rings. The molecule has 5 nitrogen and oxygen atoms in total. The van der Waals surface area contributed by atoms with Gasteiger partial charge in [0.15, 0.2) is 0 Å². The summed E-state index contributed by atoms with van der Waals surface area (Å²) in [6, 6.07) is 4.00. The number of benzene rings is 1. The number of nitrogens with one attached hydrogen (secondary N) is 2. The van der Waals surface area contributed by atoms with E-state index < -0.39 is 23.1 Å². The minimum absolute atomic E-state index is 0.100. The van der Waals surface area contributed by atoms with Crippen LogP contribution in [0.25, 0.3) is 0 Å². The summed E-state index contributed by atoms with van der Waals surface area (Å²) in [6.07, 6.45) is 1.44. The number of amides is 2. The van der Waals surface area contributed by atoms with Gasteiger partial charge in [0.25, 0.3) is 0 Å². The van der Waals surface area contributed by atoms with Crippen LogP contribution in [0, 0.1) is 11.7 Å². The van der Waals surface area contributed by atoms with Gasteiger partial charge in [-0.1, -0.05) is 11.6 Å². The van der Waals surface area contributed by atoms with Crippen LogP contribution in [0.1, 0.15) is 59.4 Å². The van der Waals surface area contributed by atoms with Gasteiger partial charge in [0.05, 0.1) is 5.54 Å². The van der Waals surface area contributed by atoms with E-state index in [9.17, 15) is 14.0 Å². The molecule has 1 aliphatic rings. The number of ether oxygens (including phenoxy) is 1. The maximum absolute atomic E-state index is 13.6. The van der Waals surface area contributed by atoms with Crippen molar-refractivity contribution >= 4 is 23.6 Å². The first-order valence-electron chi connectivity index (χ1n) is 9.14. The molecule has 1 aliphatic carbocycles. The zero-order valence-electron chi connectivity index (χ0n) is 16.5. The molecular formula is C20H28ClFN2O3. The van der Waals surface area contributed by atoms with E-state index in [1.54, 1.807) is 34.6 Å². The zero-order valence-corrected chi connectivity index (χ0v) is 17.2. The van der Waals surface area contributed by atoms with E-state index in [4.69, 9.17) is 16.3 Å². The Hall–Kier alpha value is -1.82. The lowest BCUT2D eigenvalue weighted by Gasteiger charge is -2.29. The Labute approximate surface area is 165 Å². The van der Waals surface area contributed by atoms with Crippen LogP contribution < -0.4 is 10.6 Å². The van der Waals surface area contributed by atoms with Crippen molar-refractivity contribution in [3.63, 3.8) is 0 Å². The van der Waals surface area contributed by atoms with Gasteiger partial charge in [-0.25, -0.2) is 9.18 Å². The van der Waals surface area contributed by atoms with Gasteiger partial charge in [0, 0.05) is 17.0 Å². The van der Waals surface area contributed by atoms with Crippen LogP contribution in [-0.2, 0) is 15.1 Å². The fourth-order valence-corrected chi connectivity index (χ4v) is 3.63. The molecular weight excluding hydrogens is 371 g/mol. The highest BCUT2D eigenvalue weighted by atomic mass is 35.5. The average Bonchev–Trinajstić information content (AvgIpc) is 2.95. The molecule has 1 fully saturated rings. The second-order valence-corrected chi connectivity index (χ2v) is 9.00. The maximum atomic E-state index is 13.6. The topological polar surface area (TPSA) is 67.4 Å². The lowest BCUT2D eigenvalue weighted by Crippen LogP contribution is -2.44. The Morgan fingerprint density at radius 1 is 1.19 bits per heavy atom. The highest BCUT2D eigenvalue weighted by Gasteiger charge is 2.35. The SMILES string of the molecule is CC(C)(C)OC(=O)N[C@H]1CC[C@H](C(=O)NC(C)(C)c2cc(F)ccc2Cl)C1. The monoisotopic (exact) mass is 398 g/mol. The Bertz CT molecular complexity index is 716. The van der Waals surface area contributed by atoms with Gasteiger partial charge in [-0.3, -0.25) is 4.79 Å². The predicted octanol–water partition coefficient (Wildman–Crippen LogP) is 4.52. The van der Waals surface area contributed by atoms with Crippen LogP contribution in [0.2, 0.25) is 5.02 Å². The largest absolute Gasteiger partial charge is 0.444 e. The maximum Gasteiger partial charge on any atom is 0.407 e. The Morgan fingerprint density at radius 2 is 1.85 bits per heavy atom. The molecule has 2 amide bonds. The number of hydrogen-bond acceptors (Lipinski definition) is 3. The Kier molecular flexibility index (Phi) is 6.40. The van der Waals surface area contributed by atoms with Gasteiger partial charge in [-0.15, -0.1) is 0 Å². The Morgan fingerprint density at radius 3 is 2.48 bits per heavy atom. The van der Waals surface area contributed by atoms with E-state index in [0.29, 0.717) is 29.8 Å². The third kappa shape index (κ3) is 6.09. The molecule has 2 N–H and O–H groups in total. The smallest absolute Gasteiger partial charge is 0.407 e. The molecule has 0 unspecified atom stereocenters. The summed E-state index contributed by atoms with van der Waals surface area (Å²) >= 11 is 6.18. The van der Waals surface area contributed by atoms with Crippen molar-refractivity contribution in [2.75, 3.05) is 0 Å². The fraction of sp³-hybridized carbons (Fsp3) is 0.600. The van der Waals surface area contributed by atoms with Crippen LogP contribution in [0.3, 0.4) is 0 Å². The minimum Gasteiger partial charge on any atom is -0.444 e. The summed E-state index contributed by atoms with van der Waals surface area (Å²) in [5.41, 5.74) is -0.848. The normalized spacial score (nSPS) is 20.3. The second-order valence-electron chi connectivity index (χ2n) is 8.59. The molecule has 1 aromatic carbocycles. The van der Waals surface area contributed by atoms with Gasteiger partial charge in [-0.05, 0) is 77.6 Å². The third-order valence-electron chi connectivity index (χ3n) is 4.56. The summed E-state index contributed by atoms with van der Waals surface area (Å²) in [5.74, 6) is -0.760. The third-order valence-corrected chi connectivity index (χ3v) is 4.89. The summed E-state index contributed by atoms with van der Waals surface area (Å²) in [4.78, 5) is 24.6. The summed E-state index contributed by atoms with van der Waals surface area (Å²) in [6.45, 7) is 8.99. The molecule has 0 saturated heterocycles. The minimum atomic E-state index is -0.813. The first-order valence-corrected chi connectivity index (χ1v) is 9.52. The first kappa shape index (κ1) is 21.5. The van der Waals surface area contributed by atoms with E-state index in [1.807, 2.05) is 0 Å². The predicted molar refractivity (Wildman–Crippen MR) is 103 cm³/mol. The first-order chi connectivity index (χ1) is 12.4. The molecule has 1 saturated carbocycles. The molecule has 27 heavy (non-hydrogen) atoms. The van der Waals surface area contributed by atoms with Gasteiger partial charge in [0.1, 0.15) is 11.4 Å². The van der Waals surface area contributed by atoms with Gasteiger partial charge in [0.2, 0.25) is 5.91 Å². The number of rotatable bonds is 4. The van der Waals surface area contributed by atoms with E-state index in [0.717, 1.165) is 0 Å². The highest BCUT2D eigenvalue weighted by Crippen LogP contribution is 2.31. The molecule has 2 atom stereocenters. The van der Waals surface area contributed by atoms with Crippen molar-refractivity contribution in [1.29, 1.82) is 0 Å². The molecule has 0 heterocycles. The molecule has 0 aromatic heterocycles. The van der Waals surface area contributed by atoms with Crippen LogP contribution in [0.4, 0.5) is 9.18 Å². The molecule has 0 aliphatic heterocycles. The van der Waals surface area contributed by atoms with E-state index in [1.165, 1.54) is 18.2 Å². The van der Waals surface area contributed by atoms with E-state index in [2.05, 4.69) is 10.6 Å². The van der Waals surface area contributed by atoms with Crippen molar-refractivity contribution in [2.45, 2.75) is 71.1 Å². The fourth-order valence-electron chi connectivity index (χ4n) is 3.28. The second kappa shape index (κ2) is 8.05. The lowest BCUT2D eigenvalue weighted by molar-refractivity contribution is -0.126. The van der Waals surface area contributed by atoms with Crippen molar-refractivity contribution in [3.8, 4) is 0 Å². The number of halogens is 2. The molecule has 2 rings (SSSR count). The van der Waals surface area contributed by atoms with Gasteiger partial charge in [-0.2, -0.15) is 0 Å². The average molecular weight is 399 g/mol. The van der Waals surface area contributed by atoms with Crippen molar-refractivity contribution in [1.82, 2.24) is 10.6 Å². The zero-order chi connectivity index (χ0) is 20.4. The lowest BCUT2D eigenvalue weighted by atomic mass is 9.92. The van der Waals surface area contributed by atoms with Crippen molar-refractivity contribution < 1.29 is 18.7 Å². The number of carbonyl (C=O) groups is 2. The molecule has 0 bridgehead atoms. The van der Waals surface area contributed by atoms with Crippen LogP contribution in [0.15, 0.2) is 18.2 Å². The quantitative estimate of drug-likeness (QED) is 0.783. The highest BCUT2D eigenvalue weighted by molar-refractivity contribution is 6.31. The van der Waals surface area contributed by atoms with Crippen molar-refractivity contribution in [2.24, 2.45) is 5.92 Å².